The minimum atomic E-state index is -4.17. The van der Waals surface area contributed by atoms with Crippen LogP contribution < -0.4 is 4.74 Å². The van der Waals surface area contributed by atoms with Crippen molar-refractivity contribution in [3.63, 3.8) is 0 Å². The third kappa shape index (κ3) is 8.90. The normalized spacial score (nSPS) is 15.0. The quantitative estimate of drug-likeness (QED) is 0.350. The summed E-state index contributed by atoms with van der Waals surface area (Å²) in [5.41, 5.74) is 0.786. The Morgan fingerprint density at radius 3 is 2.17 bits per heavy atom. The van der Waals surface area contributed by atoms with Crippen molar-refractivity contribution in [1.29, 1.82) is 0 Å². The zero-order chi connectivity index (χ0) is 28.4. The van der Waals surface area contributed by atoms with Crippen LogP contribution in [0.4, 0.5) is 0 Å². The Balaban J connectivity index is 0.00000560. The Morgan fingerprint density at radius 1 is 1.00 bits per heavy atom. The molecule has 0 aromatic heterocycles. The minimum Gasteiger partial charge on any atom is -0.497 e. The van der Waals surface area contributed by atoms with E-state index in [0.29, 0.717) is 38.5 Å². The van der Waals surface area contributed by atoms with Crippen molar-refractivity contribution in [2.24, 2.45) is 5.92 Å². The standard InChI is InChI=1S/C28H39N3O7S.ClH/c1-22(2)27(28(34)38-21-23-7-5-4-6-8-23)31(39(35,36)25-11-9-24(37-3)10-12-25)14-13-26(33)30-17-15-29(16-18-30)19-20-32;/h4-12,22,27,32H,13-21H2,1-3H3;1H. The van der Waals surface area contributed by atoms with Gasteiger partial charge in [0.1, 0.15) is 18.4 Å². The van der Waals surface area contributed by atoms with E-state index in [9.17, 15) is 18.0 Å². The molecule has 0 bridgehead atoms. The Hall–Kier alpha value is -2.70. The topological polar surface area (TPSA) is 117 Å². The molecule has 1 atom stereocenters. The van der Waals surface area contributed by atoms with Gasteiger partial charge in [-0.15, -0.1) is 12.4 Å². The van der Waals surface area contributed by atoms with Crippen LogP contribution in [-0.4, -0.2) is 98.5 Å². The number of β-amino-alcohol motifs (C(OH)–C–C–N with tert-alkyl or cyclic N) is 1. The van der Waals surface area contributed by atoms with Gasteiger partial charge in [0.05, 0.1) is 18.6 Å². The van der Waals surface area contributed by atoms with Crippen LogP contribution in [0.2, 0.25) is 0 Å². The van der Waals surface area contributed by atoms with Gasteiger partial charge in [-0.1, -0.05) is 44.2 Å². The Bertz CT molecular complexity index is 1170. The first kappa shape index (κ1) is 33.5. The second-order valence-electron chi connectivity index (χ2n) is 9.77. The van der Waals surface area contributed by atoms with Crippen LogP contribution in [-0.2, 0) is 31.0 Å². The third-order valence-electron chi connectivity index (χ3n) is 6.76. The van der Waals surface area contributed by atoms with Crippen LogP contribution in [0, 0.1) is 5.92 Å². The number of benzene rings is 2. The number of nitrogens with zero attached hydrogens (tertiary/aromatic N) is 3. The predicted molar refractivity (Wildman–Crippen MR) is 154 cm³/mol. The number of aliphatic hydroxyl groups excluding tert-OH is 1. The molecule has 1 unspecified atom stereocenters. The molecule has 1 fully saturated rings. The van der Waals surface area contributed by atoms with Gasteiger partial charge >= 0.3 is 5.97 Å². The van der Waals surface area contributed by atoms with E-state index in [1.54, 1.807) is 30.9 Å². The van der Waals surface area contributed by atoms with Crippen molar-refractivity contribution < 1.29 is 32.6 Å². The largest absolute Gasteiger partial charge is 0.497 e. The number of sulfonamides is 1. The minimum absolute atomic E-state index is 0. The van der Waals surface area contributed by atoms with Gasteiger partial charge in [0, 0.05) is 45.7 Å². The Kier molecular flexibility index (Phi) is 13.3. The second-order valence-corrected chi connectivity index (χ2v) is 11.7. The zero-order valence-corrected chi connectivity index (χ0v) is 24.9. The average molecular weight is 598 g/mol. The van der Waals surface area contributed by atoms with Gasteiger partial charge in [0.25, 0.3) is 0 Å². The van der Waals surface area contributed by atoms with Crippen molar-refractivity contribution in [3.05, 3.63) is 60.2 Å². The summed E-state index contributed by atoms with van der Waals surface area (Å²) in [4.78, 5) is 30.2. The molecule has 0 saturated carbocycles. The molecule has 40 heavy (non-hydrogen) atoms. The second kappa shape index (κ2) is 15.9. The highest BCUT2D eigenvalue weighted by molar-refractivity contribution is 7.89. The lowest BCUT2D eigenvalue weighted by atomic mass is 10.0. The molecule has 2 aromatic rings. The van der Waals surface area contributed by atoms with Gasteiger partial charge < -0.3 is 19.5 Å². The van der Waals surface area contributed by atoms with Crippen LogP contribution in [0.15, 0.2) is 59.5 Å². The summed E-state index contributed by atoms with van der Waals surface area (Å²) in [5.74, 6) is -0.776. The number of carbonyl (C=O) groups excluding carboxylic acids is 2. The highest BCUT2D eigenvalue weighted by Crippen LogP contribution is 2.26. The molecule has 0 aliphatic carbocycles. The molecular weight excluding hydrogens is 558 g/mol. The number of halogens is 1. The first-order chi connectivity index (χ1) is 18.7. The van der Waals surface area contributed by atoms with Gasteiger partial charge in [0.2, 0.25) is 15.9 Å². The number of aliphatic hydroxyl groups is 1. The van der Waals surface area contributed by atoms with Crippen molar-refractivity contribution >= 4 is 34.3 Å². The van der Waals surface area contributed by atoms with Crippen molar-refractivity contribution in [2.45, 2.75) is 37.8 Å². The highest BCUT2D eigenvalue weighted by atomic mass is 35.5. The predicted octanol–water partition coefficient (Wildman–Crippen LogP) is 2.40. The maximum atomic E-state index is 13.9. The fourth-order valence-corrected chi connectivity index (χ4v) is 6.27. The molecule has 10 nitrogen and oxygen atoms in total. The van der Waals surface area contributed by atoms with Crippen LogP contribution in [0.5, 0.6) is 5.75 Å². The molecule has 2 aromatic carbocycles. The number of hydrogen-bond acceptors (Lipinski definition) is 8. The van der Waals surface area contributed by atoms with E-state index < -0.39 is 28.0 Å². The summed E-state index contributed by atoms with van der Waals surface area (Å²) in [5, 5.41) is 9.15. The fourth-order valence-electron chi connectivity index (χ4n) is 4.55. The number of rotatable bonds is 13. The van der Waals surface area contributed by atoms with E-state index in [0.717, 1.165) is 9.87 Å². The maximum absolute atomic E-state index is 13.9. The summed E-state index contributed by atoms with van der Waals surface area (Å²) in [6, 6.07) is 14.0. The van der Waals surface area contributed by atoms with Gasteiger partial charge in [-0.25, -0.2) is 8.42 Å². The van der Waals surface area contributed by atoms with E-state index in [1.165, 1.54) is 19.2 Å². The summed E-state index contributed by atoms with van der Waals surface area (Å²) in [6.45, 7) is 6.24. The summed E-state index contributed by atoms with van der Waals surface area (Å²) >= 11 is 0. The number of ether oxygens (including phenoxy) is 2. The molecule has 1 aliphatic heterocycles. The van der Waals surface area contributed by atoms with Gasteiger partial charge in [0.15, 0.2) is 0 Å². The first-order valence-corrected chi connectivity index (χ1v) is 14.6. The number of methoxy groups -OCH3 is 1. The van der Waals surface area contributed by atoms with E-state index in [2.05, 4.69) is 4.90 Å². The van der Waals surface area contributed by atoms with Crippen LogP contribution in [0.1, 0.15) is 25.8 Å². The maximum Gasteiger partial charge on any atom is 0.325 e. The smallest absolute Gasteiger partial charge is 0.325 e. The highest BCUT2D eigenvalue weighted by Gasteiger charge is 2.39. The van der Waals surface area contributed by atoms with E-state index in [4.69, 9.17) is 14.6 Å². The first-order valence-electron chi connectivity index (χ1n) is 13.1. The number of amides is 1. The molecule has 222 valence electrons. The summed E-state index contributed by atoms with van der Waals surface area (Å²) in [6.07, 6.45) is -0.0788. The van der Waals surface area contributed by atoms with Crippen LogP contribution in [0.3, 0.4) is 0 Å². The summed E-state index contributed by atoms with van der Waals surface area (Å²) in [7, 11) is -2.68. The molecule has 1 amide bonds. The van der Waals surface area contributed by atoms with Crippen LogP contribution >= 0.6 is 12.4 Å². The van der Waals surface area contributed by atoms with Crippen molar-refractivity contribution in [2.75, 3.05) is 53.0 Å². The zero-order valence-electron chi connectivity index (χ0n) is 23.3. The van der Waals surface area contributed by atoms with Gasteiger partial charge in [-0.05, 0) is 35.7 Å². The van der Waals surface area contributed by atoms with Gasteiger partial charge in [-0.2, -0.15) is 4.31 Å². The lowest BCUT2D eigenvalue weighted by molar-refractivity contribution is -0.151. The van der Waals surface area contributed by atoms with Crippen molar-refractivity contribution in [1.82, 2.24) is 14.1 Å². The van der Waals surface area contributed by atoms with E-state index in [-0.39, 0.29) is 49.4 Å². The van der Waals surface area contributed by atoms with Gasteiger partial charge in [-0.3, -0.25) is 14.5 Å². The fraction of sp³-hybridized carbons (Fsp3) is 0.500. The molecule has 1 N–H and O–H groups in total. The lowest BCUT2D eigenvalue weighted by Gasteiger charge is -2.35. The average Bonchev–Trinajstić information content (AvgIpc) is 2.94. The third-order valence-corrected chi connectivity index (χ3v) is 8.66. The Labute approximate surface area is 243 Å². The number of hydrogen-bond donors (Lipinski definition) is 1. The monoisotopic (exact) mass is 597 g/mol. The number of carbonyl (C=O) groups is 2. The summed E-state index contributed by atoms with van der Waals surface area (Å²) < 4.78 is 39.6. The number of piperazine rings is 1. The Morgan fingerprint density at radius 2 is 1.62 bits per heavy atom. The van der Waals surface area contributed by atoms with Crippen molar-refractivity contribution in [3.8, 4) is 5.75 Å². The molecule has 12 heteroatoms. The van der Waals surface area contributed by atoms with E-state index >= 15 is 0 Å². The molecule has 0 radical (unpaired) electrons. The SMILES string of the molecule is COc1ccc(S(=O)(=O)N(CCC(=O)N2CCN(CCO)CC2)C(C(=O)OCc2ccccc2)C(C)C)cc1.Cl. The molecular formula is C28H40ClN3O7S. The van der Waals surface area contributed by atoms with E-state index in [1.807, 2.05) is 30.3 Å². The molecule has 1 saturated heterocycles. The molecule has 1 aliphatic rings. The molecule has 0 spiro atoms. The molecule has 3 rings (SSSR count). The molecule has 1 heterocycles. The number of esters is 1. The lowest BCUT2D eigenvalue weighted by Crippen LogP contribution is -2.52. The van der Waals surface area contributed by atoms with Crippen LogP contribution in [0.25, 0.3) is 0 Å².